The van der Waals surface area contributed by atoms with Gasteiger partial charge in [0.2, 0.25) is 6.29 Å². The molecule has 1 unspecified atom stereocenters. The number of allylic oxidation sites excluding steroid dienone is 2. The van der Waals surface area contributed by atoms with Gasteiger partial charge in [-0.1, -0.05) is 30.3 Å². The minimum atomic E-state index is -0.305. The van der Waals surface area contributed by atoms with Gasteiger partial charge in [0.1, 0.15) is 5.76 Å². The number of rotatable bonds is 3. The minimum absolute atomic E-state index is 0.0187. The van der Waals surface area contributed by atoms with Crippen molar-refractivity contribution in [2.45, 2.75) is 32.0 Å². The third-order valence-electron chi connectivity index (χ3n) is 3.86. The predicted octanol–water partition coefficient (Wildman–Crippen LogP) is 3.63. The van der Waals surface area contributed by atoms with Crippen LogP contribution in [-0.2, 0) is 9.47 Å². The van der Waals surface area contributed by atoms with E-state index in [0.717, 1.165) is 19.3 Å². The second-order valence-electron chi connectivity index (χ2n) is 5.14. The summed E-state index contributed by atoms with van der Waals surface area (Å²) in [6.45, 7) is 0. The zero-order chi connectivity index (χ0) is 13.9. The molecule has 3 heteroatoms. The lowest BCUT2D eigenvalue weighted by Gasteiger charge is -2.14. The van der Waals surface area contributed by atoms with E-state index >= 15 is 0 Å². The SMILES string of the molecule is COC1O/C(=C/C(=O)c2ccccc2)C2=C1CCCC2. The van der Waals surface area contributed by atoms with Crippen molar-refractivity contribution < 1.29 is 14.3 Å². The summed E-state index contributed by atoms with van der Waals surface area (Å²) >= 11 is 0. The van der Waals surface area contributed by atoms with Gasteiger partial charge in [0.15, 0.2) is 5.78 Å². The highest BCUT2D eigenvalue weighted by molar-refractivity contribution is 6.05. The molecule has 1 aliphatic carbocycles. The lowest BCUT2D eigenvalue weighted by Crippen LogP contribution is -2.12. The van der Waals surface area contributed by atoms with Crippen molar-refractivity contribution in [2.75, 3.05) is 7.11 Å². The average molecular weight is 270 g/mol. The molecule has 0 bridgehead atoms. The molecule has 0 saturated heterocycles. The number of ketones is 1. The van der Waals surface area contributed by atoms with E-state index < -0.39 is 0 Å². The number of hydrogen-bond acceptors (Lipinski definition) is 3. The van der Waals surface area contributed by atoms with Crippen LogP contribution < -0.4 is 0 Å². The van der Waals surface area contributed by atoms with Gasteiger partial charge in [-0.15, -0.1) is 0 Å². The van der Waals surface area contributed by atoms with Crippen molar-refractivity contribution >= 4 is 5.78 Å². The summed E-state index contributed by atoms with van der Waals surface area (Å²) in [6, 6.07) is 9.27. The molecule has 1 aromatic rings. The van der Waals surface area contributed by atoms with Crippen molar-refractivity contribution in [3.8, 4) is 0 Å². The molecule has 2 aliphatic rings. The van der Waals surface area contributed by atoms with E-state index in [2.05, 4.69) is 0 Å². The van der Waals surface area contributed by atoms with Gasteiger partial charge in [-0.25, -0.2) is 0 Å². The maximum atomic E-state index is 12.3. The minimum Gasteiger partial charge on any atom is -0.461 e. The van der Waals surface area contributed by atoms with Crippen LogP contribution >= 0.6 is 0 Å². The summed E-state index contributed by atoms with van der Waals surface area (Å²) < 4.78 is 11.2. The Bertz CT molecular complexity index is 569. The maximum absolute atomic E-state index is 12.3. The van der Waals surface area contributed by atoms with Crippen molar-refractivity contribution in [1.29, 1.82) is 0 Å². The highest BCUT2D eigenvalue weighted by atomic mass is 16.7. The predicted molar refractivity (Wildman–Crippen MR) is 76.2 cm³/mol. The van der Waals surface area contributed by atoms with Gasteiger partial charge in [0.05, 0.1) is 0 Å². The van der Waals surface area contributed by atoms with Crippen molar-refractivity contribution in [3.63, 3.8) is 0 Å². The third kappa shape index (κ3) is 2.41. The summed E-state index contributed by atoms with van der Waals surface area (Å²) in [4.78, 5) is 12.3. The van der Waals surface area contributed by atoms with Gasteiger partial charge in [0, 0.05) is 24.3 Å². The van der Waals surface area contributed by atoms with Crippen LogP contribution in [0.3, 0.4) is 0 Å². The third-order valence-corrected chi connectivity index (χ3v) is 3.86. The molecule has 20 heavy (non-hydrogen) atoms. The Morgan fingerprint density at radius 2 is 2.00 bits per heavy atom. The lowest BCUT2D eigenvalue weighted by atomic mass is 9.91. The Balaban J connectivity index is 1.89. The van der Waals surface area contributed by atoms with E-state index in [1.54, 1.807) is 13.2 Å². The first-order valence-corrected chi connectivity index (χ1v) is 7.02. The average Bonchev–Trinajstić information content (AvgIpc) is 2.86. The van der Waals surface area contributed by atoms with Crippen molar-refractivity contribution in [3.05, 3.63) is 58.9 Å². The zero-order valence-corrected chi connectivity index (χ0v) is 11.6. The van der Waals surface area contributed by atoms with Gasteiger partial charge in [-0.2, -0.15) is 0 Å². The molecule has 0 radical (unpaired) electrons. The van der Waals surface area contributed by atoms with Crippen molar-refractivity contribution in [2.24, 2.45) is 0 Å². The first-order valence-electron chi connectivity index (χ1n) is 7.02. The van der Waals surface area contributed by atoms with Crippen molar-refractivity contribution in [1.82, 2.24) is 0 Å². The Hall–Kier alpha value is -1.87. The number of methoxy groups -OCH3 is 1. The number of ether oxygens (including phenoxy) is 2. The molecule has 1 heterocycles. The van der Waals surface area contributed by atoms with E-state index in [9.17, 15) is 4.79 Å². The van der Waals surface area contributed by atoms with Gasteiger partial charge < -0.3 is 9.47 Å². The molecule has 0 fully saturated rings. The van der Waals surface area contributed by atoms with Gasteiger partial charge in [-0.05, 0) is 31.3 Å². The fourth-order valence-electron chi connectivity index (χ4n) is 2.84. The summed E-state index contributed by atoms with van der Waals surface area (Å²) in [5, 5.41) is 0. The lowest BCUT2D eigenvalue weighted by molar-refractivity contribution is -0.0537. The largest absolute Gasteiger partial charge is 0.461 e. The molecule has 104 valence electrons. The second-order valence-corrected chi connectivity index (χ2v) is 5.14. The van der Waals surface area contributed by atoms with Crippen LogP contribution in [0, 0.1) is 0 Å². The van der Waals surface area contributed by atoms with Crippen LogP contribution in [0.25, 0.3) is 0 Å². The first-order chi connectivity index (χ1) is 9.79. The van der Waals surface area contributed by atoms with E-state index in [-0.39, 0.29) is 12.1 Å². The van der Waals surface area contributed by atoms with E-state index in [0.29, 0.717) is 11.3 Å². The molecular weight excluding hydrogens is 252 g/mol. The van der Waals surface area contributed by atoms with Gasteiger partial charge in [-0.3, -0.25) is 4.79 Å². The van der Waals surface area contributed by atoms with Crippen LogP contribution in [0.4, 0.5) is 0 Å². The Morgan fingerprint density at radius 3 is 2.75 bits per heavy atom. The molecule has 3 nitrogen and oxygen atoms in total. The normalized spacial score (nSPS) is 23.6. The Morgan fingerprint density at radius 1 is 1.25 bits per heavy atom. The molecule has 0 N–H and O–H groups in total. The van der Waals surface area contributed by atoms with E-state index in [1.807, 2.05) is 30.3 Å². The Labute approximate surface area is 118 Å². The van der Waals surface area contributed by atoms with Crippen LogP contribution in [0.5, 0.6) is 0 Å². The summed E-state index contributed by atoms with van der Waals surface area (Å²) in [5.41, 5.74) is 3.07. The first kappa shape index (κ1) is 13.1. The maximum Gasteiger partial charge on any atom is 0.223 e. The Kier molecular flexibility index (Phi) is 3.70. The smallest absolute Gasteiger partial charge is 0.223 e. The fraction of sp³-hybridized carbons (Fsp3) is 0.353. The monoisotopic (exact) mass is 270 g/mol. The summed E-state index contributed by atoms with van der Waals surface area (Å²) in [7, 11) is 1.64. The zero-order valence-electron chi connectivity index (χ0n) is 11.6. The molecule has 0 amide bonds. The number of hydrogen-bond donors (Lipinski definition) is 0. The highest BCUT2D eigenvalue weighted by Crippen LogP contribution is 2.40. The van der Waals surface area contributed by atoms with Crippen LogP contribution in [-0.4, -0.2) is 19.2 Å². The molecule has 3 rings (SSSR count). The van der Waals surface area contributed by atoms with E-state index in [1.165, 1.54) is 17.6 Å². The quantitative estimate of drug-likeness (QED) is 0.621. The molecular formula is C17H18O3. The molecule has 0 spiro atoms. The number of carbonyl (C=O) groups excluding carboxylic acids is 1. The van der Waals surface area contributed by atoms with Crippen LogP contribution in [0.15, 0.2) is 53.3 Å². The molecule has 1 atom stereocenters. The molecule has 1 aliphatic heterocycles. The van der Waals surface area contributed by atoms with Gasteiger partial charge in [0.25, 0.3) is 0 Å². The highest BCUT2D eigenvalue weighted by Gasteiger charge is 2.32. The second kappa shape index (κ2) is 5.63. The van der Waals surface area contributed by atoms with Crippen LogP contribution in [0.1, 0.15) is 36.0 Å². The number of benzene rings is 1. The van der Waals surface area contributed by atoms with E-state index in [4.69, 9.17) is 9.47 Å². The topological polar surface area (TPSA) is 35.5 Å². The molecule has 0 aromatic heterocycles. The summed E-state index contributed by atoms with van der Waals surface area (Å²) in [6.07, 6.45) is 5.60. The molecule has 1 aromatic carbocycles. The number of carbonyl (C=O) groups is 1. The fourth-order valence-corrected chi connectivity index (χ4v) is 2.84. The molecule has 0 saturated carbocycles. The van der Waals surface area contributed by atoms with Gasteiger partial charge >= 0.3 is 0 Å². The van der Waals surface area contributed by atoms with Crippen LogP contribution in [0.2, 0.25) is 0 Å². The summed E-state index contributed by atoms with van der Waals surface area (Å²) in [5.74, 6) is 0.676. The standard InChI is InChI=1S/C17H18O3/c1-19-17-14-10-6-5-9-13(14)16(20-17)11-15(18)12-7-3-2-4-8-12/h2-4,7-8,11,17H,5-6,9-10H2,1H3/b16-11+.